The van der Waals surface area contributed by atoms with E-state index < -0.39 is 0 Å². The number of aliphatic hydroxyl groups is 1. The Balaban J connectivity index is 2.93. The molecule has 1 aromatic carbocycles. The molecule has 0 aliphatic carbocycles. The second-order valence-corrected chi connectivity index (χ2v) is 3.20. The summed E-state index contributed by atoms with van der Waals surface area (Å²) in [7, 11) is 0. The Morgan fingerprint density at radius 2 is 2.17 bits per heavy atom. The van der Waals surface area contributed by atoms with E-state index in [2.05, 4.69) is 15.9 Å². The number of hydrogen-bond acceptors (Lipinski definition) is 1. The summed E-state index contributed by atoms with van der Waals surface area (Å²) in [5.74, 6) is -0.290. The highest BCUT2D eigenvalue weighted by atomic mass is 79.9. The molecule has 0 aliphatic heterocycles. The van der Waals surface area contributed by atoms with Gasteiger partial charge in [-0.3, -0.25) is 0 Å². The molecule has 0 aliphatic rings. The van der Waals surface area contributed by atoms with E-state index in [9.17, 15) is 4.39 Å². The maximum Gasteiger partial charge on any atom is 0.124 e. The number of halogens is 2. The molecule has 1 aromatic rings. The number of rotatable bonds is 2. The molecule has 64 valence electrons. The van der Waals surface area contributed by atoms with Crippen LogP contribution in [0.5, 0.6) is 0 Å². The molecule has 0 spiro atoms. The monoisotopic (exact) mass is 230 g/mol. The number of aliphatic hydroxyl groups excluding tert-OH is 1. The van der Waals surface area contributed by atoms with Gasteiger partial charge in [-0.05, 0) is 23.8 Å². The zero-order valence-electron chi connectivity index (χ0n) is 6.30. The fourth-order valence-corrected chi connectivity index (χ4v) is 1.34. The Labute approximate surface area is 78.7 Å². The first-order valence-electron chi connectivity index (χ1n) is 3.46. The number of hydrogen-bond donors (Lipinski definition) is 1. The maximum absolute atomic E-state index is 12.7. The fourth-order valence-electron chi connectivity index (χ4n) is 0.860. The molecule has 0 radical (unpaired) electrons. The minimum atomic E-state index is -0.290. The topological polar surface area (TPSA) is 20.2 Å². The van der Waals surface area contributed by atoms with Gasteiger partial charge in [-0.1, -0.05) is 28.1 Å². The first kappa shape index (κ1) is 9.42. The van der Waals surface area contributed by atoms with Crippen molar-refractivity contribution in [2.24, 2.45) is 0 Å². The first-order chi connectivity index (χ1) is 5.72. The maximum atomic E-state index is 12.7. The highest BCUT2D eigenvalue weighted by Gasteiger charge is 1.94. The van der Waals surface area contributed by atoms with Crippen LogP contribution in [0.1, 0.15) is 5.56 Å². The predicted molar refractivity (Wildman–Crippen MR) is 50.2 cm³/mol. The van der Waals surface area contributed by atoms with Crippen LogP contribution in [0.15, 0.2) is 28.7 Å². The Morgan fingerprint density at radius 3 is 2.75 bits per heavy atom. The van der Waals surface area contributed by atoms with E-state index in [-0.39, 0.29) is 12.4 Å². The molecule has 0 fully saturated rings. The molecule has 0 heterocycles. The van der Waals surface area contributed by atoms with Crippen LogP contribution >= 0.6 is 15.9 Å². The lowest BCUT2D eigenvalue weighted by Gasteiger charge is -1.95. The van der Waals surface area contributed by atoms with Gasteiger partial charge >= 0.3 is 0 Å². The normalized spacial score (nSPS) is 10.9. The lowest BCUT2D eigenvalue weighted by atomic mass is 10.2. The van der Waals surface area contributed by atoms with Crippen LogP contribution in [0, 0.1) is 5.82 Å². The Kier molecular flexibility index (Phi) is 3.44. The third-order valence-electron chi connectivity index (χ3n) is 1.30. The van der Waals surface area contributed by atoms with Crippen molar-refractivity contribution >= 4 is 22.0 Å². The summed E-state index contributed by atoms with van der Waals surface area (Å²) in [4.78, 5) is 0. The summed E-state index contributed by atoms with van der Waals surface area (Å²) < 4.78 is 13.4. The van der Waals surface area contributed by atoms with Gasteiger partial charge in [0.05, 0.1) is 6.61 Å². The quantitative estimate of drug-likeness (QED) is 0.829. The standard InChI is InChI=1S/C9H8BrFO/c10-8-4-7(2-1-3-12)5-9(11)6-8/h1-2,4-6,12H,3H2/b2-1+. The van der Waals surface area contributed by atoms with Crippen LogP contribution in [0.2, 0.25) is 0 Å². The SMILES string of the molecule is OC/C=C/c1cc(F)cc(Br)c1. The van der Waals surface area contributed by atoms with Crippen LogP contribution in [0.3, 0.4) is 0 Å². The van der Waals surface area contributed by atoms with Crippen molar-refractivity contribution < 1.29 is 9.50 Å². The molecule has 0 atom stereocenters. The smallest absolute Gasteiger partial charge is 0.124 e. The summed E-state index contributed by atoms with van der Waals surface area (Å²) in [6, 6.07) is 4.56. The lowest BCUT2D eigenvalue weighted by Crippen LogP contribution is -1.79. The molecule has 3 heteroatoms. The van der Waals surface area contributed by atoms with Crippen molar-refractivity contribution in [3.05, 3.63) is 40.1 Å². The van der Waals surface area contributed by atoms with Crippen LogP contribution in [0.4, 0.5) is 4.39 Å². The van der Waals surface area contributed by atoms with Gasteiger partial charge in [0.1, 0.15) is 5.82 Å². The molecule has 0 aromatic heterocycles. The van der Waals surface area contributed by atoms with Crippen molar-refractivity contribution in [1.82, 2.24) is 0 Å². The van der Waals surface area contributed by atoms with Crippen molar-refractivity contribution in [3.63, 3.8) is 0 Å². The highest BCUT2D eigenvalue weighted by molar-refractivity contribution is 9.10. The molecular weight excluding hydrogens is 223 g/mol. The van der Waals surface area contributed by atoms with Gasteiger partial charge in [0, 0.05) is 4.47 Å². The van der Waals surface area contributed by atoms with Gasteiger partial charge in [-0.25, -0.2) is 4.39 Å². The molecule has 1 N–H and O–H groups in total. The summed E-state index contributed by atoms with van der Waals surface area (Å²) in [6.45, 7) is -0.0336. The molecule has 1 rings (SSSR count). The Morgan fingerprint density at radius 1 is 1.42 bits per heavy atom. The van der Waals surface area contributed by atoms with Gasteiger partial charge in [0.2, 0.25) is 0 Å². The minimum absolute atomic E-state index is 0.0336. The molecule has 0 saturated carbocycles. The second-order valence-electron chi connectivity index (χ2n) is 2.29. The molecule has 12 heavy (non-hydrogen) atoms. The molecule has 0 unspecified atom stereocenters. The zero-order valence-corrected chi connectivity index (χ0v) is 7.88. The fraction of sp³-hybridized carbons (Fsp3) is 0.111. The molecule has 0 bridgehead atoms. The summed E-state index contributed by atoms with van der Waals surface area (Å²) in [5, 5.41) is 8.47. The van der Waals surface area contributed by atoms with E-state index in [1.807, 2.05) is 0 Å². The van der Waals surface area contributed by atoms with E-state index in [1.165, 1.54) is 12.1 Å². The van der Waals surface area contributed by atoms with Crippen LogP contribution in [0.25, 0.3) is 6.08 Å². The summed E-state index contributed by atoms with van der Waals surface area (Å²) in [6.07, 6.45) is 3.22. The van der Waals surface area contributed by atoms with Crippen molar-refractivity contribution in [3.8, 4) is 0 Å². The van der Waals surface area contributed by atoms with E-state index >= 15 is 0 Å². The van der Waals surface area contributed by atoms with Crippen LogP contribution in [-0.4, -0.2) is 11.7 Å². The summed E-state index contributed by atoms with van der Waals surface area (Å²) in [5.41, 5.74) is 0.732. The summed E-state index contributed by atoms with van der Waals surface area (Å²) >= 11 is 3.17. The van der Waals surface area contributed by atoms with Crippen molar-refractivity contribution in [2.45, 2.75) is 0 Å². The van der Waals surface area contributed by atoms with Crippen molar-refractivity contribution in [1.29, 1.82) is 0 Å². The highest BCUT2D eigenvalue weighted by Crippen LogP contribution is 2.15. The van der Waals surface area contributed by atoms with E-state index in [0.29, 0.717) is 4.47 Å². The molecular formula is C9H8BrFO. The minimum Gasteiger partial charge on any atom is -0.392 e. The van der Waals surface area contributed by atoms with Crippen LogP contribution < -0.4 is 0 Å². The van der Waals surface area contributed by atoms with Crippen molar-refractivity contribution in [2.75, 3.05) is 6.61 Å². The Bertz CT molecular complexity index is 276. The molecule has 0 amide bonds. The third kappa shape index (κ3) is 2.75. The van der Waals surface area contributed by atoms with Gasteiger partial charge < -0.3 is 5.11 Å². The van der Waals surface area contributed by atoms with Gasteiger partial charge in [-0.15, -0.1) is 0 Å². The average Bonchev–Trinajstić information content (AvgIpc) is 1.99. The van der Waals surface area contributed by atoms with E-state index in [1.54, 1.807) is 18.2 Å². The first-order valence-corrected chi connectivity index (χ1v) is 4.25. The lowest BCUT2D eigenvalue weighted by molar-refractivity contribution is 0.343. The molecule has 1 nitrogen and oxygen atoms in total. The second kappa shape index (κ2) is 4.38. The third-order valence-corrected chi connectivity index (χ3v) is 1.76. The zero-order chi connectivity index (χ0) is 8.97. The van der Waals surface area contributed by atoms with E-state index in [0.717, 1.165) is 5.56 Å². The van der Waals surface area contributed by atoms with Gasteiger partial charge in [-0.2, -0.15) is 0 Å². The average molecular weight is 231 g/mol. The van der Waals surface area contributed by atoms with Gasteiger partial charge in [0.15, 0.2) is 0 Å². The Hall–Kier alpha value is -0.670. The molecule has 0 saturated heterocycles. The van der Waals surface area contributed by atoms with Crippen LogP contribution in [-0.2, 0) is 0 Å². The predicted octanol–water partition coefficient (Wildman–Crippen LogP) is 2.59. The van der Waals surface area contributed by atoms with E-state index in [4.69, 9.17) is 5.11 Å². The number of benzene rings is 1. The van der Waals surface area contributed by atoms with Gasteiger partial charge in [0.25, 0.3) is 0 Å². The largest absolute Gasteiger partial charge is 0.392 e.